The average molecular weight is 267 g/mol. The maximum absolute atomic E-state index is 5.79. The number of hydrogen-bond donors (Lipinski definition) is 0. The van der Waals surface area contributed by atoms with Gasteiger partial charge in [-0.3, -0.25) is 0 Å². The van der Waals surface area contributed by atoms with Crippen LogP contribution in [0.4, 0.5) is 0 Å². The van der Waals surface area contributed by atoms with Gasteiger partial charge in [0.05, 0.1) is 25.2 Å². The zero-order valence-electron chi connectivity index (χ0n) is 11.1. The normalized spacial score (nSPS) is 11.3. The maximum Gasteiger partial charge on any atom is 0.135 e. The average Bonchev–Trinajstić information content (AvgIpc) is 2.42. The first-order valence-electron chi connectivity index (χ1n) is 6.06. The number of ether oxygens (including phenoxy) is 2. The van der Waals surface area contributed by atoms with Crippen molar-refractivity contribution in [3.8, 4) is 23.3 Å². The molecule has 1 unspecified atom stereocenters. The molecule has 0 saturated carbocycles. The van der Waals surface area contributed by atoms with Crippen molar-refractivity contribution in [2.45, 2.75) is 20.3 Å². The van der Waals surface area contributed by atoms with Crippen LogP contribution in [-0.2, 0) is 0 Å². The smallest absolute Gasteiger partial charge is 0.135 e. The number of hydrogen-bond acceptors (Lipinski definition) is 2. The van der Waals surface area contributed by atoms with Gasteiger partial charge in [-0.1, -0.05) is 32.1 Å². The van der Waals surface area contributed by atoms with Crippen LogP contribution in [0.1, 0.15) is 25.8 Å². The molecule has 3 heteroatoms. The summed E-state index contributed by atoms with van der Waals surface area (Å²) in [7, 11) is 1.63. The van der Waals surface area contributed by atoms with E-state index in [2.05, 4.69) is 25.7 Å². The predicted octanol–water partition coefficient (Wildman–Crippen LogP) is 3.71. The SMILES string of the molecule is CCC(C)COc1ccc(OC)cc1C#CCCl. The summed E-state index contributed by atoms with van der Waals surface area (Å²) in [6, 6.07) is 5.63. The van der Waals surface area contributed by atoms with Crippen LogP contribution in [0.15, 0.2) is 18.2 Å². The largest absolute Gasteiger partial charge is 0.497 e. The fourth-order valence-corrected chi connectivity index (χ4v) is 1.40. The Morgan fingerprint density at radius 3 is 2.78 bits per heavy atom. The van der Waals surface area contributed by atoms with Crippen molar-refractivity contribution in [2.75, 3.05) is 19.6 Å². The number of alkyl halides is 1. The lowest BCUT2D eigenvalue weighted by atomic mass is 10.1. The van der Waals surface area contributed by atoms with Gasteiger partial charge in [0.1, 0.15) is 11.5 Å². The Bertz CT molecular complexity index is 432. The summed E-state index contributed by atoms with van der Waals surface area (Å²) in [6.45, 7) is 5.00. The molecule has 1 atom stereocenters. The van der Waals surface area contributed by atoms with Crippen LogP contribution in [-0.4, -0.2) is 19.6 Å². The highest BCUT2D eigenvalue weighted by molar-refractivity contribution is 6.19. The Labute approximate surface area is 114 Å². The molecule has 0 aliphatic rings. The monoisotopic (exact) mass is 266 g/mol. The van der Waals surface area contributed by atoms with Gasteiger partial charge in [-0.05, 0) is 24.1 Å². The van der Waals surface area contributed by atoms with Gasteiger partial charge < -0.3 is 9.47 Å². The molecule has 0 aliphatic carbocycles. The number of methoxy groups -OCH3 is 1. The second-order valence-electron chi connectivity index (χ2n) is 4.12. The predicted molar refractivity (Wildman–Crippen MR) is 75.5 cm³/mol. The first-order valence-corrected chi connectivity index (χ1v) is 6.60. The van der Waals surface area contributed by atoms with E-state index in [9.17, 15) is 0 Å². The molecule has 0 fully saturated rings. The molecular formula is C15H19ClO2. The van der Waals surface area contributed by atoms with Crippen LogP contribution in [0.3, 0.4) is 0 Å². The lowest BCUT2D eigenvalue weighted by molar-refractivity contribution is 0.255. The van der Waals surface area contributed by atoms with Crippen LogP contribution in [0.2, 0.25) is 0 Å². The standard InChI is InChI=1S/C15H19ClO2/c1-4-12(2)11-18-15-8-7-14(17-3)10-13(15)6-5-9-16/h7-8,10,12H,4,9,11H2,1-3H3. The molecule has 1 rings (SSSR count). The van der Waals surface area contributed by atoms with Gasteiger partial charge in [0, 0.05) is 0 Å². The third-order valence-corrected chi connectivity index (χ3v) is 2.83. The topological polar surface area (TPSA) is 18.5 Å². The fourth-order valence-electron chi connectivity index (χ4n) is 1.34. The number of rotatable bonds is 5. The molecule has 18 heavy (non-hydrogen) atoms. The molecule has 0 saturated heterocycles. The first-order chi connectivity index (χ1) is 8.71. The van der Waals surface area contributed by atoms with Crippen molar-refractivity contribution < 1.29 is 9.47 Å². The molecule has 0 aliphatic heterocycles. The van der Waals surface area contributed by atoms with E-state index in [1.165, 1.54) is 0 Å². The van der Waals surface area contributed by atoms with E-state index >= 15 is 0 Å². The first kappa shape index (κ1) is 14.7. The Hall–Kier alpha value is -1.33. The van der Waals surface area contributed by atoms with Gasteiger partial charge in [-0.15, -0.1) is 11.6 Å². The highest BCUT2D eigenvalue weighted by atomic mass is 35.5. The van der Waals surface area contributed by atoms with Crippen LogP contribution >= 0.6 is 11.6 Å². The molecule has 0 aromatic heterocycles. The van der Waals surface area contributed by atoms with Crippen molar-refractivity contribution >= 4 is 11.6 Å². The van der Waals surface area contributed by atoms with Crippen molar-refractivity contribution in [2.24, 2.45) is 5.92 Å². The van der Waals surface area contributed by atoms with E-state index in [0.717, 1.165) is 23.5 Å². The summed E-state index contributed by atoms with van der Waals surface area (Å²) in [5.41, 5.74) is 0.818. The van der Waals surface area contributed by atoms with Crippen LogP contribution in [0.5, 0.6) is 11.5 Å². The Balaban J connectivity index is 2.88. The van der Waals surface area contributed by atoms with Crippen LogP contribution < -0.4 is 9.47 Å². The third kappa shape index (κ3) is 4.50. The summed E-state index contributed by atoms with van der Waals surface area (Å²) < 4.78 is 11.0. The molecular weight excluding hydrogens is 248 g/mol. The molecule has 0 bridgehead atoms. The zero-order chi connectivity index (χ0) is 13.4. The lowest BCUT2D eigenvalue weighted by Gasteiger charge is -2.13. The Morgan fingerprint density at radius 2 is 2.17 bits per heavy atom. The fraction of sp³-hybridized carbons (Fsp3) is 0.467. The molecule has 0 heterocycles. The molecule has 2 nitrogen and oxygen atoms in total. The second kappa shape index (κ2) is 7.89. The molecule has 0 N–H and O–H groups in total. The third-order valence-electron chi connectivity index (χ3n) is 2.70. The van der Waals surface area contributed by atoms with Gasteiger partial charge in [0.2, 0.25) is 0 Å². The van der Waals surface area contributed by atoms with Gasteiger partial charge in [-0.25, -0.2) is 0 Å². The quantitative estimate of drug-likeness (QED) is 0.597. The molecule has 0 spiro atoms. The summed E-state index contributed by atoms with van der Waals surface area (Å²) >= 11 is 5.58. The van der Waals surface area contributed by atoms with Crippen molar-refractivity contribution in [3.05, 3.63) is 23.8 Å². The lowest BCUT2D eigenvalue weighted by Crippen LogP contribution is -2.08. The minimum Gasteiger partial charge on any atom is -0.497 e. The maximum atomic E-state index is 5.79. The zero-order valence-corrected chi connectivity index (χ0v) is 11.9. The summed E-state index contributed by atoms with van der Waals surface area (Å²) in [6.07, 6.45) is 1.10. The van der Waals surface area contributed by atoms with Gasteiger partial charge in [-0.2, -0.15) is 0 Å². The van der Waals surface area contributed by atoms with Gasteiger partial charge in [0.15, 0.2) is 0 Å². The molecule has 1 aromatic carbocycles. The van der Waals surface area contributed by atoms with Crippen molar-refractivity contribution in [1.29, 1.82) is 0 Å². The summed E-state index contributed by atoms with van der Waals surface area (Å²) in [5, 5.41) is 0. The van der Waals surface area contributed by atoms with Crippen molar-refractivity contribution in [1.82, 2.24) is 0 Å². The minimum atomic E-state index is 0.308. The Kier molecular flexibility index (Phi) is 6.46. The van der Waals surface area contributed by atoms with E-state index in [1.807, 2.05) is 18.2 Å². The van der Waals surface area contributed by atoms with Gasteiger partial charge >= 0.3 is 0 Å². The molecule has 0 amide bonds. The van der Waals surface area contributed by atoms with E-state index in [1.54, 1.807) is 7.11 Å². The van der Waals surface area contributed by atoms with Crippen molar-refractivity contribution in [3.63, 3.8) is 0 Å². The molecule has 1 aromatic rings. The number of benzene rings is 1. The number of halogens is 1. The van der Waals surface area contributed by atoms with E-state index in [0.29, 0.717) is 18.4 Å². The van der Waals surface area contributed by atoms with E-state index in [-0.39, 0.29) is 0 Å². The highest BCUT2D eigenvalue weighted by Crippen LogP contribution is 2.24. The molecule has 0 radical (unpaired) electrons. The second-order valence-corrected chi connectivity index (χ2v) is 4.39. The molecule has 98 valence electrons. The summed E-state index contributed by atoms with van der Waals surface area (Å²) in [4.78, 5) is 0. The summed E-state index contributed by atoms with van der Waals surface area (Å²) in [5.74, 6) is 8.22. The van der Waals surface area contributed by atoms with E-state index < -0.39 is 0 Å². The minimum absolute atomic E-state index is 0.308. The van der Waals surface area contributed by atoms with E-state index in [4.69, 9.17) is 21.1 Å². The highest BCUT2D eigenvalue weighted by Gasteiger charge is 2.06. The van der Waals surface area contributed by atoms with Crippen LogP contribution in [0, 0.1) is 17.8 Å². The van der Waals surface area contributed by atoms with Crippen LogP contribution in [0.25, 0.3) is 0 Å². The van der Waals surface area contributed by atoms with Gasteiger partial charge in [0.25, 0.3) is 0 Å². The Morgan fingerprint density at radius 1 is 1.39 bits per heavy atom.